The van der Waals surface area contributed by atoms with E-state index in [4.69, 9.17) is 4.74 Å². The fourth-order valence-corrected chi connectivity index (χ4v) is 1.49. The van der Waals surface area contributed by atoms with Crippen molar-refractivity contribution in [2.45, 2.75) is 26.2 Å². The normalized spacial score (nSPS) is 10.3. The molecule has 0 bridgehead atoms. The maximum absolute atomic E-state index is 11.7. The van der Waals surface area contributed by atoms with Crippen LogP contribution in [0.4, 0.5) is 0 Å². The van der Waals surface area contributed by atoms with Crippen molar-refractivity contribution < 1.29 is 14.6 Å². The number of hydrogen-bond donors (Lipinski definition) is 2. The highest BCUT2D eigenvalue weighted by molar-refractivity contribution is 5.96. The zero-order valence-corrected chi connectivity index (χ0v) is 10.8. The lowest BCUT2D eigenvalue weighted by atomic mass is 10.2. The summed E-state index contributed by atoms with van der Waals surface area (Å²) in [7, 11) is 0. The molecule has 1 rings (SSSR count). The van der Waals surface area contributed by atoms with Crippen LogP contribution < -0.4 is 5.32 Å². The molecule has 1 aromatic rings. The first kappa shape index (κ1) is 14.5. The van der Waals surface area contributed by atoms with Gasteiger partial charge in [0.05, 0.1) is 5.56 Å². The molecule has 18 heavy (non-hydrogen) atoms. The summed E-state index contributed by atoms with van der Waals surface area (Å²) in [5.41, 5.74) is 0.310. The molecule has 0 unspecified atom stereocenters. The molecule has 4 heteroatoms. The van der Waals surface area contributed by atoms with Crippen molar-refractivity contribution in [3.05, 3.63) is 29.8 Å². The van der Waals surface area contributed by atoms with E-state index in [1.54, 1.807) is 18.2 Å². The minimum Gasteiger partial charge on any atom is -0.507 e. The van der Waals surface area contributed by atoms with Gasteiger partial charge in [-0.3, -0.25) is 4.79 Å². The van der Waals surface area contributed by atoms with Crippen LogP contribution in [0.1, 0.15) is 36.5 Å². The van der Waals surface area contributed by atoms with Gasteiger partial charge in [-0.05, 0) is 25.0 Å². The largest absolute Gasteiger partial charge is 0.507 e. The minimum absolute atomic E-state index is 0.00851. The number of hydrogen-bond acceptors (Lipinski definition) is 3. The molecule has 0 atom stereocenters. The average Bonchev–Trinajstić information content (AvgIpc) is 2.38. The van der Waals surface area contributed by atoms with Crippen LogP contribution in [-0.2, 0) is 4.74 Å². The molecule has 0 aromatic heterocycles. The van der Waals surface area contributed by atoms with Crippen molar-refractivity contribution in [2.75, 3.05) is 19.8 Å². The summed E-state index contributed by atoms with van der Waals surface area (Å²) in [6, 6.07) is 6.52. The fraction of sp³-hybridized carbons (Fsp3) is 0.500. The molecule has 0 spiro atoms. The van der Waals surface area contributed by atoms with Crippen LogP contribution in [-0.4, -0.2) is 30.8 Å². The van der Waals surface area contributed by atoms with Gasteiger partial charge >= 0.3 is 0 Å². The molecule has 0 heterocycles. The summed E-state index contributed by atoms with van der Waals surface area (Å²) < 4.78 is 5.38. The summed E-state index contributed by atoms with van der Waals surface area (Å²) in [4.78, 5) is 11.7. The second-order valence-electron chi connectivity index (χ2n) is 4.09. The Bertz CT molecular complexity index is 366. The van der Waals surface area contributed by atoms with E-state index in [1.807, 2.05) is 0 Å². The minimum atomic E-state index is -0.248. The molecule has 4 nitrogen and oxygen atoms in total. The van der Waals surface area contributed by atoms with Crippen LogP contribution in [0.15, 0.2) is 24.3 Å². The molecule has 0 saturated heterocycles. The van der Waals surface area contributed by atoms with E-state index in [9.17, 15) is 9.90 Å². The van der Waals surface area contributed by atoms with E-state index in [1.165, 1.54) is 6.07 Å². The maximum Gasteiger partial charge on any atom is 0.255 e. The predicted molar refractivity (Wildman–Crippen MR) is 70.8 cm³/mol. The van der Waals surface area contributed by atoms with Crippen LogP contribution in [0.3, 0.4) is 0 Å². The monoisotopic (exact) mass is 251 g/mol. The van der Waals surface area contributed by atoms with Gasteiger partial charge < -0.3 is 15.2 Å². The molecule has 0 radical (unpaired) electrons. The third-order valence-electron chi connectivity index (χ3n) is 2.54. The predicted octanol–water partition coefficient (Wildman–Crippen LogP) is 2.33. The summed E-state index contributed by atoms with van der Waals surface area (Å²) >= 11 is 0. The number of ether oxygens (including phenoxy) is 1. The van der Waals surface area contributed by atoms with Gasteiger partial charge in [0.2, 0.25) is 0 Å². The van der Waals surface area contributed by atoms with Gasteiger partial charge in [0.25, 0.3) is 5.91 Å². The average molecular weight is 251 g/mol. The number of carbonyl (C=O) groups is 1. The molecule has 1 amide bonds. The van der Waals surface area contributed by atoms with Crippen molar-refractivity contribution in [3.8, 4) is 5.75 Å². The highest BCUT2D eigenvalue weighted by atomic mass is 16.5. The topological polar surface area (TPSA) is 58.6 Å². The zero-order chi connectivity index (χ0) is 13.2. The highest BCUT2D eigenvalue weighted by Gasteiger charge is 2.08. The molecule has 0 aliphatic heterocycles. The van der Waals surface area contributed by atoms with E-state index < -0.39 is 0 Å². The van der Waals surface area contributed by atoms with Gasteiger partial charge in [-0.2, -0.15) is 0 Å². The Hall–Kier alpha value is -1.55. The Morgan fingerprint density at radius 2 is 2.00 bits per heavy atom. The summed E-state index contributed by atoms with van der Waals surface area (Å²) in [5, 5.41) is 12.2. The number of rotatable bonds is 8. The van der Waals surface area contributed by atoms with Gasteiger partial charge in [0, 0.05) is 19.8 Å². The van der Waals surface area contributed by atoms with E-state index >= 15 is 0 Å². The summed E-state index contributed by atoms with van der Waals surface area (Å²) in [6.45, 7) is 4.11. The first-order valence-corrected chi connectivity index (χ1v) is 6.39. The molecule has 2 N–H and O–H groups in total. The van der Waals surface area contributed by atoms with Crippen LogP contribution in [0.25, 0.3) is 0 Å². The molecule has 0 aliphatic carbocycles. The molecule has 0 saturated carbocycles. The summed E-state index contributed by atoms with van der Waals surface area (Å²) in [5.74, 6) is -0.240. The first-order chi connectivity index (χ1) is 8.75. The maximum atomic E-state index is 11.7. The summed E-state index contributed by atoms with van der Waals surface area (Å²) in [6.07, 6.45) is 2.98. The van der Waals surface area contributed by atoms with Crippen molar-refractivity contribution in [3.63, 3.8) is 0 Å². The lowest BCUT2D eigenvalue weighted by molar-refractivity contribution is 0.0938. The quantitative estimate of drug-likeness (QED) is 0.697. The van der Waals surface area contributed by atoms with Crippen LogP contribution in [0, 0.1) is 0 Å². The number of carbonyl (C=O) groups excluding carboxylic acids is 1. The number of phenolic OH excluding ortho intramolecular Hbond substituents is 1. The van der Waals surface area contributed by atoms with Crippen LogP contribution in [0.2, 0.25) is 0 Å². The number of nitrogens with one attached hydrogen (secondary N) is 1. The Labute approximate surface area is 108 Å². The third-order valence-corrected chi connectivity index (χ3v) is 2.54. The van der Waals surface area contributed by atoms with Crippen molar-refractivity contribution in [1.29, 1.82) is 0 Å². The van der Waals surface area contributed by atoms with E-state index in [2.05, 4.69) is 12.2 Å². The van der Waals surface area contributed by atoms with E-state index in [-0.39, 0.29) is 11.7 Å². The van der Waals surface area contributed by atoms with Crippen LogP contribution in [0.5, 0.6) is 5.75 Å². The number of aromatic hydroxyl groups is 1. The SMILES string of the molecule is CCCCOCCCNC(=O)c1ccccc1O. The Balaban J connectivity index is 2.16. The number of para-hydroxylation sites is 1. The molecule has 0 aliphatic rings. The molecular formula is C14H21NO3. The number of unbranched alkanes of at least 4 members (excludes halogenated alkanes) is 1. The van der Waals surface area contributed by atoms with Crippen molar-refractivity contribution in [2.24, 2.45) is 0 Å². The van der Waals surface area contributed by atoms with Gasteiger partial charge in [-0.15, -0.1) is 0 Å². The molecular weight excluding hydrogens is 230 g/mol. The zero-order valence-electron chi connectivity index (χ0n) is 10.8. The smallest absolute Gasteiger partial charge is 0.255 e. The lowest BCUT2D eigenvalue weighted by Gasteiger charge is -2.07. The van der Waals surface area contributed by atoms with Crippen molar-refractivity contribution >= 4 is 5.91 Å². The first-order valence-electron chi connectivity index (χ1n) is 6.39. The molecule has 0 fully saturated rings. The Kier molecular flexibility index (Phi) is 6.87. The standard InChI is InChI=1S/C14H21NO3/c1-2-3-10-18-11-6-9-15-14(17)12-7-4-5-8-13(12)16/h4-5,7-8,16H,2-3,6,9-11H2,1H3,(H,15,17). The van der Waals surface area contributed by atoms with E-state index in [0.29, 0.717) is 18.7 Å². The Morgan fingerprint density at radius 1 is 1.28 bits per heavy atom. The highest BCUT2D eigenvalue weighted by Crippen LogP contribution is 2.14. The number of amides is 1. The van der Waals surface area contributed by atoms with Gasteiger partial charge in [0.15, 0.2) is 0 Å². The third kappa shape index (κ3) is 5.19. The van der Waals surface area contributed by atoms with E-state index in [0.717, 1.165) is 25.9 Å². The van der Waals surface area contributed by atoms with Gasteiger partial charge in [-0.1, -0.05) is 25.5 Å². The fourth-order valence-electron chi connectivity index (χ4n) is 1.49. The van der Waals surface area contributed by atoms with Crippen molar-refractivity contribution in [1.82, 2.24) is 5.32 Å². The lowest BCUT2D eigenvalue weighted by Crippen LogP contribution is -2.25. The molecule has 1 aromatic carbocycles. The van der Waals surface area contributed by atoms with Gasteiger partial charge in [0.1, 0.15) is 5.75 Å². The second-order valence-corrected chi connectivity index (χ2v) is 4.09. The molecule has 100 valence electrons. The Morgan fingerprint density at radius 3 is 2.72 bits per heavy atom. The van der Waals surface area contributed by atoms with Gasteiger partial charge in [-0.25, -0.2) is 0 Å². The second kappa shape index (κ2) is 8.53. The number of phenols is 1. The number of benzene rings is 1. The van der Waals surface area contributed by atoms with Crippen LogP contribution >= 0.6 is 0 Å².